The summed E-state index contributed by atoms with van der Waals surface area (Å²) in [5.41, 5.74) is 1.24. The number of aliphatic imine (C=N–C) groups is 1. The van der Waals surface area contributed by atoms with Gasteiger partial charge >= 0.3 is 0 Å². The number of nitrogens with zero attached hydrogens (tertiary/aromatic N) is 3. The summed E-state index contributed by atoms with van der Waals surface area (Å²) < 4.78 is 5.18. The third-order valence-corrected chi connectivity index (χ3v) is 4.12. The van der Waals surface area contributed by atoms with Gasteiger partial charge in [-0.3, -0.25) is 4.79 Å². The van der Waals surface area contributed by atoms with E-state index >= 15 is 0 Å². The molecular weight excluding hydrogens is 431 g/mol. The number of carbonyl (C=O) groups is 1. The largest absolute Gasteiger partial charge is 0.497 e. The van der Waals surface area contributed by atoms with E-state index in [2.05, 4.69) is 27.3 Å². The number of hydrogen-bond acceptors (Lipinski definition) is 3. The van der Waals surface area contributed by atoms with Crippen LogP contribution in [0.1, 0.15) is 18.4 Å². The fourth-order valence-electron chi connectivity index (χ4n) is 2.59. The van der Waals surface area contributed by atoms with Crippen LogP contribution in [0.15, 0.2) is 29.3 Å². The SMILES string of the molecule is COc1ccc(CCNC(=NCC(=O)N(C)C)N2CCCC2)cc1.I. The first-order valence-electron chi connectivity index (χ1n) is 8.46. The van der Waals surface area contributed by atoms with E-state index in [1.807, 2.05) is 12.1 Å². The lowest BCUT2D eigenvalue weighted by Crippen LogP contribution is -2.41. The first-order valence-corrected chi connectivity index (χ1v) is 8.46. The molecule has 0 bridgehead atoms. The predicted molar refractivity (Wildman–Crippen MR) is 112 cm³/mol. The minimum Gasteiger partial charge on any atom is -0.497 e. The lowest BCUT2D eigenvalue weighted by Gasteiger charge is -2.21. The van der Waals surface area contributed by atoms with Crippen LogP contribution in [0.4, 0.5) is 0 Å². The molecule has 140 valence electrons. The average Bonchev–Trinajstić information content (AvgIpc) is 3.12. The van der Waals surface area contributed by atoms with Gasteiger partial charge in [0.25, 0.3) is 0 Å². The van der Waals surface area contributed by atoms with Crippen molar-refractivity contribution < 1.29 is 9.53 Å². The highest BCUT2D eigenvalue weighted by atomic mass is 127. The first kappa shape index (κ1) is 21.5. The summed E-state index contributed by atoms with van der Waals surface area (Å²) >= 11 is 0. The molecule has 1 amide bonds. The molecule has 1 aliphatic heterocycles. The Morgan fingerprint density at radius 2 is 1.88 bits per heavy atom. The van der Waals surface area contributed by atoms with Crippen molar-refractivity contribution in [1.82, 2.24) is 15.1 Å². The van der Waals surface area contributed by atoms with Crippen molar-refractivity contribution in [1.29, 1.82) is 0 Å². The van der Waals surface area contributed by atoms with Crippen LogP contribution in [0.25, 0.3) is 0 Å². The van der Waals surface area contributed by atoms with E-state index in [4.69, 9.17) is 4.74 Å². The number of halogens is 1. The lowest BCUT2D eigenvalue weighted by atomic mass is 10.1. The summed E-state index contributed by atoms with van der Waals surface area (Å²) in [6, 6.07) is 8.09. The fraction of sp³-hybridized carbons (Fsp3) is 0.556. The van der Waals surface area contributed by atoms with E-state index in [0.717, 1.165) is 37.8 Å². The number of nitrogens with one attached hydrogen (secondary N) is 1. The Morgan fingerprint density at radius 3 is 2.44 bits per heavy atom. The molecule has 0 aliphatic carbocycles. The van der Waals surface area contributed by atoms with Gasteiger partial charge in [-0.05, 0) is 37.0 Å². The number of amides is 1. The van der Waals surface area contributed by atoms with Crippen LogP contribution in [0.5, 0.6) is 5.75 Å². The maximum atomic E-state index is 11.8. The second-order valence-electron chi connectivity index (χ2n) is 6.15. The Balaban J connectivity index is 0.00000312. The second kappa shape index (κ2) is 11.2. The quantitative estimate of drug-likeness (QED) is 0.401. The molecule has 2 rings (SSSR count). The number of benzene rings is 1. The maximum absolute atomic E-state index is 11.8. The number of methoxy groups -OCH3 is 1. The smallest absolute Gasteiger partial charge is 0.243 e. The molecule has 0 radical (unpaired) electrons. The molecule has 1 N–H and O–H groups in total. The number of hydrogen-bond donors (Lipinski definition) is 1. The maximum Gasteiger partial charge on any atom is 0.243 e. The standard InChI is InChI=1S/C18H28N4O2.HI/c1-21(2)17(23)14-20-18(22-12-4-5-13-22)19-11-10-15-6-8-16(24-3)9-7-15;/h6-9H,4-5,10-14H2,1-3H3,(H,19,20);1H. The molecule has 0 unspecified atom stereocenters. The van der Waals surface area contributed by atoms with Gasteiger partial charge in [-0.25, -0.2) is 4.99 Å². The molecule has 7 heteroatoms. The molecular formula is C18H29IN4O2. The van der Waals surface area contributed by atoms with Gasteiger partial charge in [-0.1, -0.05) is 12.1 Å². The number of rotatable bonds is 6. The van der Waals surface area contributed by atoms with Gasteiger partial charge < -0.3 is 19.9 Å². The van der Waals surface area contributed by atoms with Crippen molar-refractivity contribution >= 4 is 35.8 Å². The molecule has 0 aromatic heterocycles. The van der Waals surface area contributed by atoms with E-state index < -0.39 is 0 Å². The Kier molecular flexibility index (Phi) is 9.62. The molecule has 1 aromatic carbocycles. The number of carbonyl (C=O) groups excluding carboxylic acids is 1. The molecule has 25 heavy (non-hydrogen) atoms. The van der Waals surface area contributed by atoms with E-state index in [9.17, 15) is 4.79 Å². The van der Waals surface area contributed by atoms with Crippen molar-refractivity contribution in [2.45, 2.75) is 19.3 Å². The Hall–Kier alpha value is -1.51. The Labute approximate surface area is 167 Å². The molecule has 1 fully saturated rings. The Morgan fingerprint density at radius 1 is 1.24 bits per heavy atom. The van der Waals surface area contributed by atoms with Crippen molar-refractivity contribution in [2.75, 3.05) is 47.4 Å². The Bertz CT molecular complexity index is 555. The van der Waals surface area contributed by atoms with E-state index in [1.54, 1.807) is 26.1 Å². The summed E-state index contributed by atoms with van der Waals surface area (Å²) in [7, 11) is 5.18. The predicted octanol–water partition coefficient (Wildman–Crippen LogP) is 1.99. The molecule has 1 saturated heterocycles. The van der Waals surface area contributed by atoms with E-state index in [-0.39, 0.29) is 36.4 Å². The average molecular weight is 460 g/mol. The van der Waals surface area contributed by atoms with E-state index in [0.29, 0.717) is 0 Å². The lowest BCUT2D eigenvalue weighted by molar-refractivity contribution is -0.127. The van der Waals surface area contributed by atoms with Gasteiger partial charge in [-0.15, -0.1) is 24.0 Å². The fourth-order valence-corrected chi connectivity index (χ4v) is 2.59. The monoisotopic (exact) mass is 460 g/mol. The number of likely N-dealkylation sites (N-methyl/N-ethyl adjacent to an activating group) is 1. The number of likely N-dealkylation sites (tertiary alicyclic amines) is 1. The highest BCUT2D eigenvalue weighted by molar-refractivity contribution is 14.0. The van der Waals surface area contributed by atoms with Crippen LogP contribution in [0.3, 0.4) is 0 Å². The summed E-state index contributed by atoms with van der Waals surface area (Å²) in [6.45, 7) is 2.99. The molecule has 1 heterocycles. The minimum absolute atomic E-state index is 0. The summed E-state index contributed by atoms with van der Waals surface area (Å²) in [5.74, 6) is 1.73. The minimum atomic E-state index is 0. The summed E-state index contributed by atoms with van der Waals surface area (Å²) in [5, 5.41) is 3.41. The molecule has 1 aromatic rings. The molecule has 0 spiro atoms. The molecule has 1 aliphatic rings. The summed E-state index contributed by atoms with van der Waals surface area (Å²) in [6.07, 6.45) is 3.26. The molecule has 6 nitrogen and oxygen atoms in total. The highest BCUT2D eigenvalue weighted by Gasteiger charge is 2.16. The van der Waals surface area contributed by atoms with Gasteiger partial charge in [-0.2, -0.15) is 0 Å². The van der Waals surface area contributed by atoms with Crippen LogP contribution >= 0.6 is 24.0 Å². The van der Waals surface area contributed by atoms with Crippen LogP contribution in [-0.4, -0.2) is 69.1 Å². The van der Waals surface area contributed by atoms with Gasteiger partial charge in [0.05, 0.1) is 7.11 Å². The van der Waals surface area contributed by atoms with Crippen LogP contribution in [-0.2, 0) is 11.2 Å². The van der Waals surface area contributed by atoms with Gasteiger partial charge in [0.15, 0.2) is 5.96 Å². The molecule has 0 atom stereocenters. The van der Waals surface area contributed by atoms with Crippen molar-refractivity contribution in [2.24, 2.45) is 4.99 Å². The van der Waals surface area contributed by atoms with E-state index in [1.165, 1.54) is 18.4 Å². The highest BCUT2D eigenvalue weighted by Crippen LogP contribution is 2.11. The van der Waals surface area contributed by atoms with Crippen LogP contribution in [0, 0.1) is 0 Å². The van der Waals surface area contributed by atoms with Crippen LogP contribution < -0.4 is 10.1 Å². The van der Waals surface area contributed by atoms with Crippen LogP contribution in [0.2, 0.25) is 0 Å². The van der Waals surface area contributed by atoms with Gasteiger partial charge in [0, 0.05) is 33.7 Å². The van der Waals surface area contributed by atoms with Gasteiger partial charge in [0.2, 0.25) is 5.91 Å². The third kappa shape index (κ3) is 7.09. The zero-order valence-corrected chi connectivity index (χ0v) is 17.7. The number of ether oxygens (including phenoxy) is 1. The van der Waals surface area contributed by atoms with Gasteiger partial charge in [0.1, 0.15) is 12.3 Å². The number of guanidine groups is 1. The first-order chi connectivity index (χ1) is 11.6. The zero-order chi connectivity index (χ0) is 17.4. The second-order valence-corrected chi connectivity index (χ2v) is 6.15. The van der Waals surface area contributed by atoms with Crippen molar-refractivity contribution in [3.63, 3.8) is 0 Å². The zero-order valence-electron chi connectivity index (χ0n) is 15.3. The third-order valence-electron chi connectivity index (χ3n) is 4.12. The summed E-state index contributed by atoms with van der Waals surface area (Å²) in [4.78, 5) is 20.1. The van der Waals surface area contributed by atoms with Crippen molar-refractivity contribution in [3.05, 3.63) is 29.8 Å². The topological polar surface area (TPSA) is 57.2 Å². The molecule has 0 saturated carbocycles. The van der Waals surface area contributed by atoms with Crippen molar-refractivity contribution in [3.8, 4) is 5.75 Å². The normalized spacial score (nSPS) is 14.0.